The Morgan fingerprint density at radius 1 is 1.13 bits per heavy atom. The maximum atomic E-state index is 12.7. The van der Waals surface area contributed by atoms with Gasteiger partial charge >= 0.3 is 6.03 Å². The number of sulfonamides is 1. The van der Waals surface area contributed by atoms with Gasteiger partial charge in [-0.05, 0) is 23.0 Å². The molecule has 1 aromatic heterocycles. The third kappa shape index (κ3) is 6.14. The van der Waals surface area contributed by atoms with Gasteiger partial charge in [0.1, 0.15) is 10.7 Å². The summed E-state index contributed by atoms with van der Waals surface area (Å²) < 4.78 is 32.3. The third-order valence-corrected chi connectivity index (χ3v) is 5.69. The molecule has 164 valence electrons. The molecular weight excluding hydrogens is 406 g/mol. The Bertz CT molecular complexity index is 951. The minimum absolute atomic E-state index is 0.153. The minimum Gasteiger partial charge on any atom is -0.383 e. The van der Waals surface area contributed by atoms with Crippen molar-refractivity contribution in [2.75, 3.05) is 30.9 Å². The Labute approximate surface area is 177 Å². The molecule has 0 saturated carbocycles. The second kappa shape index (κ2) is 10.4. The lowest BCUT2D eigenvalue weighted by molar-refractivity contribution is 0.210. The first-order valence-corrected chi connectivity index (χ1v) is 11.2. The van der Waals surface area contributed by atoms with Crippen LogP contribution in [0, 0.1) is 0 Å². The Morgan fingerprint density at radius 3 is 2.33 bits per heavy atom. The van der Waals surface area contributed by atoms with Crippen molar-refractivity contribution >= 4 is 27.6 Å². The SMILES string of the molecule is COCCNc1cc(S(=O)(=O)NC(=O)Nc2c(C(C)C)cccc2C(C)C)cnn1. The molecule has 2 amide bonds. The number of nitrogens with zero attached hydrogens (tertiary/aromatic N) is 2. The van der Waals surface area contributed by atoms with Gasteiger partial charge in [0.2, 0.25) is 0 Å². The molecule has 0 spiro atoms. The molecule has 0 unspecified atom stereocenters. The highest BCUT2D eigenvalue weighted by atomic mass is 32.2. The number of hydrogen-bond acceptors (Lipinski definition) is 7. The first kappa shape index (κ1) is 23.6. The van der Waals surface area contributed by atoms with Crippen LogP contribution in [0.15, 0.2) is 35.4 Å². The number of para-hydroxylation sites is 1. The van der Waals surface area contributed by atoms with E-state index in [0.29, 0.717) is 18.8 Å². The van der Waals surface area contributed by atoms with E-state index < -0.39 is 16.1 Å². The molecule has 0 bridgehead atoms. The van der Waals surface area contributed by atoms with Crippen LogP contribution < -0.4 is 15.4 Å². The van der Waals surface area contributed by atoms with Crippen molar-refractivity contribution in [3.8, 4) is 0 Å². The molecule has 3 N–H and O–H groups in total. The number of benzene rings is 1. The first-order valence-electron chi connectivity index (χ1n) is 9.67. The molecule has 0 atom stereocenters. The molecular formula is C20H29N5O4S. The zero-order valence-corrected chi connectivity index (χ0v) is 18.7. The number of aromatic nitrogens is 2. The fraction of sp³-hybridized carbons (Fsp3) is 0.450. The van der Waals surface area contributed by atoms with E-state index in [2.05, 4.69) is 20.8 Å². The maximum absolute atomic E-state index is 12.7. The molecule has 9 nitrogen and oxygen atoms in total. The minimum atomic E-state index is -4.13. The van der Waals surface area contributed by atoms with Gasteiger partial charge in [-0.1, -0.05) is 45.9 Å². The van der Waals surface area contributed by atoms with E-state index in [9.17, 15) is 13.2 Å². The van der Waals surface area contributed by atoms with Gasteiger partial charge in [-0.3, -0.25) is 0 Å². The molecule has 0 radical (unpaired) electrons. The van der Waals surface area contributed by atoms with Gasteiger partial charge in [0.15, 0.2) is 0 Å². The van der Waals surface area contributed by atoms with Crippen molar-refractivity contribution in [3.05, 3.63) is 41.6 Å². The van der Waals surface area contributed by atoms with Crippen LogP contribution in [-0.2, 0) is 14.8 Å². The number of urea groups is 1. The van der Waals surface area contributed by atoms with Crippen LogP contribution in [0.4, 0.5) is 16.3 Å². The summed E-state index contributed by atoms with van der Waals surface area (Å²) in [4.78, 5) is 12.4. The third-order valence-electron chi connectivity index (χ3n) is 4.39. The maximum Gasteiger partial charge on any atom is 0.333 e. The van der Waals surface area contributed by atoms with Crippen molar-refractivity contribution in [1.82, 2.24) is 14.9 Å². The van der Waals surface area contributed by atoms with Crippen LogP contribution in [0.2, 0.25) is 0 Å². The number of ether oxygens (including phenoxy) is 1. The Balaban J connectivity index is 2.21. The lowest BCUT2D eigenvalue weighted by Gasteiger charge is -2.20. The second-order valence-corrected chi connectivity index (χ2v) is 9.06. The van der Waals surface area contributed by atoms with Crippen molar-refractivity contribution in [3.63, 3.8) is 0 Å². The van der Waals surface area contributed by atoms with E-state index in [-0.39, 0.29) is 22.5 Å². The Hall–Kier alpha value is -2.72. The summed E-state index contributed by atoms with van der Waals surface area (Å²) >= 11 is 0. The summed E-state index contributed by atoms with van der Waals surface area (Å²) in [5.41, 5.74) is 2.50. The first-order chi connectivity index (χ1) is 14.2. The van der Waals surface area contributed by atoms with Gasteiger partial charge in [0.25, 0.3) is 10.0 Å². The van der Waals surface area contributed by atoms with Crippen LogP contribution >= 0.6 is 0 Å². The number of nitrogens with one attached hydrogen (secondary N) is 3. The van der Waals surface area contributed by atoms with E-state index in [1.807, 2.05) is 50.6 Å². The van der Waals surface area contributed by atoms with Gasteiger partial charge in [0.05, 0.1) is 12.8 Å². The zero-order valence-electron chi connectivity index (χ0n) is 17.9. The van der Waals surface area contributed by atoms with E-state index in [1.54, 1.807) is 7.11 Å². The van der Waals surface area contributed by atoms with Crippen molar-refractivity contribution in [2.24, 2.45) is 0 Å². The number of amides is 2. The summed E-state index contributed by atoms with van der Waals surface area (Å²) in [6, 6.07) is 6.25. The summed E-state index contributed by atoms with van der Waals surface area (Å²) in [5.74, 6) is 0.573. The second-order valence-electron chi connectivity index (χ2n) is 7.38. The van der Waals surface area contributed by atoms with Gasteiger partial charge in [-0.25, -0.2) is 17.9 Å². The predicted molar refractivity (Wildman–Crippen MR) is 116 cm³/mol. The molecule has 2 aromatic rings. The fourth-order valence-electron chi connectivity index (χ4n) is 2.88. The van der Waals surface area contributed by atoms with Crippen molar-refractivity contribution in [1.29, 1.82) is 0 Å². The summed E-state index contributed by atoms with van der Waals surface area (Å²) in [5, 5.41) is 13.1. The molecule has 10 heteroatoms. The van der Waals surface area contributed by atoms with E-state index >= 15 is 0 Å². The van der Waals surface area contributed by atoms with Crippen LogP contribution in [0.5, 0.6) is 0 Å². The van der Waals surface area contributed by atoms with E-state index in [0.717, 1.165) is 17.3 Å². The van der Waals surface area contributed by atoms with E-state index in [1.165, 1.54) is 6.07 Å². The standard InChI is InChI=1S/C20H29N5O4S/c1-13(2)16-7-6-8-17(14(3)4)19(16)23-20(26)25-30(27,28)15-11-18(24-22-12-15)21-9-10-29-5/h6-8,11-14H,9-10H2,1-5H3,(H,21,24)(H2,23,25,26). The molecule has 1 aromatic carbocycles. The molecule has 0 fully saturated rings. The van der Waals surface area contributed by atoms with Crippen molar-refractivity contribution < 1.29 is 17.9 Å². The number of hydrogen-bond donors (Lipinski definition) is 3. The molecule has 0 saturated heterocycles. The summed E-state index contributed by atoms with van der Waals surface area (Å²) in [6.07, 6.45) is 1.08. The van der Waals surface area contributed by atoms with Gasteiger partial charge < -0.3 is 15.4 Å². The molecule has 0 aliphatic rings. The highest BCUT2D eigenvalue weighted by Gasteiger charge is 2.22. The lowest BCUT2D eigenvalue weighted by atomic mass is 9.93. The number of rotatable bonds is 9. The normalized spacial score (nSPS) is 11.6. The highest BCUT2D eigenvalue weighted by Crippen LogP contribution is 2.32. The average molecular weight is 436 g/mol. The molecule has 0 aliphatic heterocycles. The quantitative estimate of drug-likeness (QED) is 0.517. The monoisotopic (exact) mass is 435 g/mol. The number of methoxy groups -OCH3 is 1. The summed E-state index contributed by atoms with van der Waals surface area (Å²) in [7, 11) is -2.58. The highest BCUT2D eigenvalue weighted by molar-refractivity contribution is 7.90. The van der Waals surface area contributed by atoms with Crippen molar-refractivity contribution in [2.45, 2.75) is 44.4 Å². The topological polar surface area (TPSA) is 122 Å². The van der Waals surface area contributed by atoms with Crippen LogP contribution in [0.3, 0.4) is 0 Å². The molecule has 30 heavy (non-hydrogen) atoms. The van der Waals surface area contributed by atoms with Crippen LogP contribution in [0.25, 0.3) is 0 Å². The number of carbonyl (C=O) groups is 1. The largest absolute Gasteiger partial charge is 0.383 e. The Morgan fingerprint density at radius 2 is 1.77 bits per heavy atom. The Kier molecular flexibility index (Phi) is 8.13. The molecule has 2 rings (SSSR count). The zero-order chi connectivity index (χ0) is 22.3. The van der Waals surface area contributed by atoms with Crippen LogP contribution in [-0.4, -0.2) is 44.9 Å². The van der Waals surface area contributed by atoms with Gasteiger partial charge in [-0.2, -0.15) is 5.10 Å². The van der Waals surface area contributed by atoms with Gasteiger partial charge in [0, 0.05) is 25.4 Å². The predicted octanol–water partition coefficient (Wildman–Crippen LogP) is 3.29. The summed E-state index contributed by atoms with van der Waals surface area (Å²) in [6.45, 7) is 8.92. The number of anilines is 2. The molecule has 1 heterocycles. The average Bonchev–Trinajstić information content (AvgIpc) is 2.67. The molecule has 0 aliphatic carbocycles. The van der Waals surface area contributed by atoms with Gasteiger partial charge in [-0.15, -0.1) is 5.10 Å². The van der Waals surface area contributed by atoms with Crippen LogP contribution in [0.1, 0.15) is 50.7 Å². The number of carbonyl (C=O) groups excluding carboxylic acids is 1. The lowest BCUT2D eigenvalue weighted by Crippen LogP contribution is -2.35. The fourth-order valence-corrected chi connectivity index (χ4v) is 3.74. The smallest absolute Gasteiger partial charge is 0.333 e. The van der Waals surface area contributed by atoms with E-state index in [4.69, 9.17) is 4.74 Å².